The van der Waals surface area contributed by atoms with Crippen LogP contribution in [-0.4, -0.2) is 38.6 Å². The van der Waals surface area contributed by atoms with Gasteiger partial charge in [0.25, 0.3) is 5.91 Å². The number of aromatic nitrogens is 4. The quantitative estimate of drug-likeness (QED) is 0.570. The summed E-state index contributed by atoms with van der Waals surface area (Å²) in [6.45, 7) is 3.49. The van der Waals surface area contributed by atoms with Crippen molar-refractivity contribution in [3.8, 4) is 0 Å². The molecule has 0 bridgehead atoms. The van der Waals surface area contributed by atoms with Crippen molar-refractivity contribution in [3.05, 3.63) is 47.4 Å². The van der Waals surface area contributed by atoms with Crippen molar-refractivity contribution < 1.29 is 9.53 Å². The van der Waals surface area contributed by atoms with Crippen molar-refractivity contribution in [1.82, 2.24) is 19.5 Å². The molecule has 1 N–H and O–H groups in total. The van der Waals surface area contributed by atoms with E-state index in [0.717, 1.165) is 58.1 Å². The maximum atomic E-state index is 12.7. The van der Waals surface area contributed by atoms with Crippen molar-refractivity contribution in [2.75, 3.05) is 18.5 Å². The number of anilines is 1. The highest BCUT2D eigenvalue weighted by atomic mass is 32.1. The molecule has 1 aromatic carbocycles. The van der Waals surface area contributed by atoms with Crippen LogP contribution in [0.4, 0.5) is 5.69 Å². The number of hydrogen-bond acceptors (Lipinski definition) is 6. The summed E-state index contributed by atoms with van der Waals surface area (Å²) in [6.07, 6.45) is 5.33. The summed E-state index contributed by atoms with van der Waals surface area (Å²) in [4.78, 5) is 26.1. The lowest BCUT2D eigenvalue weighted by Crippen LogP contribution is -2.19. The molecule has 1 aliphatic heterocycles. The van der Waals surface area contributed by atoms with Gasteiger partial charge >= 0.3 is 0 Å². The molecule has 7 nitrogen and oxygen atoms in total. The van der Waals surface area contributed by atoms with E-state index in [1.807, 2.05) is 31.5 Å². The van der Waals surface area contributed by atoms with Crippen LogP contribution in [0.15, 0.2) is 36.8 Å². The zero-order chi connectivity index (χ0) is 19.1. The summed E-state index contributed by atoms with van der Waals surface area (Å²) in [5.41, 5.74) is 3.63. The number of ether oxygens (including phenoxy) is 1. The van der Waals surface area contributed by atoms with Crippen LogP contribution in [0.2, 0.25) is 0 Å². The average Bonchev–Trinajstić information content (AvgIpc) is 3.30. The van der Waals surface area contributed by atoms with E-state index in [9.17, 15) is 4.79 Å². The Morgan fingerprint density at radius 1 is 1.21 bits per heavy atom. The van der Waals surface area contributed by atoms with E-state index < -0.39 is 0 Å². The predicted molar refractivity (Wildman–Crippen MR) is 109 cm³/mol. The maximum absolute atomic E-state index is 12.7. The number of nitrogens with one attached hydrogen (secondary N) is 1. The standard InChI is InChI=1S/C20H19N5O2S/c1-12-23-16-9-14(2-3-18(16)28-12)24-20(26)13-8-17-19(21-10-13)25(11-22-17)15-4-6-27-7-5-15/h2-3,8-11,15H,4-7H2,1H3,(H,24,26). The lowest BCUT2D eigenvalue weighted by atomic mass is 10.1. The number of aryl methyl sites for hydroxylation is 1. The topological polar surface area (TPSA) is 81.9 Å². The van der Waals surface area contributed by atoms with Crippen molar-refractivity contribution >= 4 is 44.3 Å². The number of amides is 1. The first-order valence-corrected chi connectivity index (χ1v) is 10.1. The lowest BCUT2D eigenvalue weighted by Gasteiger charge is -2.23. The molecule has 0 unspecified atom stereocenters. The van der Waals surface area contributed by atoms with Gasteiger partial charge in [-0.2, -0.15) is 0 Å². The van der Waals surface area contributed by atoms with Gasteiger partial charge in [-0.05, 0) is 44.0 Å². The third-order valence-corrected chi connectivity index (χ3v) is 5.96. The van der Waals surface area contributed by atoms with E-state index in [2.05, 4.69) is 24.8 Å². The summed E-state index contributed by atoms with van der Waals surface area (Å²) in [7, 11) is 0. The van der Waals surface area contributed by atoms with Crippen LogP contribution in [0, 0.1) is 6.92 Å². The molecule has 0 atom stereocenters. The molecule has 28 heavy (non-hydrogen) atoms. The second-order valence-electron chi connectivity index (χ2n) is 6.93. The summed E-state index contributed by atoms with van der Waals surface area (Å²) in [5.74, 6) is -0.207. The van der Waals surface area contributed by atoms with Crippen LogP contribution < -0.4 is 5.32 Å². The molecular weight excluding hydrogens is 374 g/mol. The number of thiazole rings is 1. The number of rotatable bonds is 3. The van der Waals surface area contributed by atoms with Gasteiger partial charge in [-0.1, -0.05) is 0 Å². The number of benzene rings is 1. The molecule has 0 spiro atoms. The normalized spacial score (nSPS) is 15.3. The molecule has 1 aliphatic rings. The minimum Gasteiger partial charge on any atom is -0.381 e. The van der Waals surface area contributed by atoms with Crippen LogP contribution >= 0.6 is 11.3 Å². The summed E-state index contributed by atoms with van der Waals surface area (Å²) >= 11 is 1.64. The van der Waals surface area contributed by atoms with Gasteiger partial charge < -0.3 is 14.6 Å². The van der Waals surface area contributed by atoms with Crippen molar-refractivity contribution in [2.45, 2.75) is 25.8 Å². The van der Waals surface area contributed by atoms with E-state index >= 15 is 0 Å². The van der Waals surface area contributed by atoms with Crippen LogP contribution in [0.5, 0.6) is 0 Å². The number of nitrogens with zero attached hydrogens (tertiary/aromatic N) is 4. The van der Waals surface area contributed by atoms with Gasteiger partial charge in [-0.25, -0.2) is 15.0 Å². The molecule has 4 aromatic rings. The zero-order valence-electron chi connectivity index (χ0n) is 15.4. The average molecular weight is 393 g/mol. The second-order valence-corrected chi connectivity index (χ2v) is 8.17. The number of carbonyl (C=O) groups is 1. The fraction of sp³-hybridized carbons (Fsp3) is 0.300. The van der Waals surface area contributed by atoms with Gasteiger partial charge in [0.15, 0.2) is 5.65 Å². The number of pyridine rings is 1. The molecule has 8 heteroatoms. The minimum atomic E-state index is -0.207. The largest absolute Gasteiger partial charge is 0.381 e. The van der Waals surface area contributed by atoms with Crippen molar-refractivity contribution in [1.29, 1.82) is 0 Å². The minimum absolute atomic E-state index is 0.207. The fourth-order valence-electron chi connectivity index (χ4n) is 3.60. The van der Waals surface area contributed by atoms with Gasteiger partial charge in [0.05, 0.1) is 27.1 Å². The molecular formula is C20H19N5O2S. The maximum Gasteiger partial charge on any atom is 0.257 e. The van der Waals surface area contributed by atoms with Gasteiger partial charge in [0.2, 0.25) is 0 Å². The Hall–Kier alpha value is -2.84. The highest BCUT2D eigenvalue weighted by Crippen LogP contribution is 2.26. The van der Waals surface area contributed by atoms with Gasteiger partial charge in [0.1, 0.15) is 5.52 Å². The molecule has 0 saturated carbocycles. The number of fused-ring (bicyclic) bond motifs is 2. The molecule has 1 amide bonds. The first-order chi connectivity index (χ1) is 13.7. The first kappa shape index (κ1) is 17.3. The van der Waals surface area contributed by atoms with Gasteiger partial charge in [-0.15, -0.1) is 11.3 Å². The smallest absolute Gasteiger partial charge is 0.257 e. The van der Waals surface area contributed by atoms with Gasteiger partial charge in [0, 0.05) is 31.1 Å². The highest BCUT2D eigenvalue weighted by molar-refractivity contribution is 7.18. The Labute approximate surface area is 165 Å². The molecule has 1 saturated heterocycles. The number of imidazole rings is 1. The van der Waals surface area contributed by atoms with Crippen LogP contribution in [0.25, 0.3) is 21.4 Å². The molecule has 0 radical (unpaired) electrons. The van der Waals surface area contributed by atoms with Crippen molar-refractivity contribution in [2.24, 2.45) is 0 Å². The first-order valence-electron chi connectivity index (χ1n) is 9.26. The lowest BCUT2D eigenvalue weighted by molar-refractivity contribution is 0.0704. The zero-order valence-corrected chi connectivity index (χ0v) is 16.2. The number of hydrogen-bond donors (Lipinski definition) is 1. The predicted octanol–water partition coefficient (Wildman–Crippen LogP) is 3.95. The van der Waals surface area contributed by atoms with Gasteiger partial charge in [-0.3, -0.25) is 4.79 Å². The molecule has 1 fully saturated rings. The molecule has 5 rings (SSSR count). The monoisotopic (exact) mass is 393 g/mol. The van der Waals surface area contributed by atoms with E-state index in [-0.39, 0.29) is 5.91 Å². The van der Waals surface area contributed by atoms with E-state index in [4.69, 9.17) is 4.74 Å². The summed E-state index contributed by atoms with van der Waals surface area (Å²) in [6, 6.07) is 7.90. The van der Waals surface area contributed by atoms with Crippen LogP contribution in [0.3, 0.4) is 0 Å². The third-order valence-electron chi connectivity index (χ3n) is 5.01. The SMILES string of the molecule is Cc1nc2cc(NC(=O)c3cnc4c(c3)ncn4C3CCOCC3)ccc2s1. The molecule has 3 aromatic heterocycles. The summed E-state index contributed by atoms with van der Waals surface area (Å²) < 4.78 is 8.64. The molecule has 4 heterocycles. The van der Waals surface area contributed by atoms with Crippen LogP contribution in [0.1, 0.15) is 34.2 Å². The van der Waals surface area contributed by atoms with E-state index in [1.165, 1.54) is 0 Å². The van der Waals surface area contributed by atoms with Crippen molar-refractivity contribution in [3.63, 3.8) is 0 Å². The Bertz CT molecular complexity index is 1180. The van der Waals surface area contributed by atoms with E-state index in [1.54, 1.807) is 23.6 Å². The third kappa shape index (κ3) is 3.14. The molecule has 0 aliphatic carbocycles. The Morgan fingerprint density at radius 3 is 2.93 bits per heavy atom. The Balaban J connectivity index is 1.39. The summed E-state index contributed by atoms with van der Waals surface area (Å²) in [5, 5.41) is 3.94. The highest BCUT2D eigenvalue weighted by Gasteiger charge is 2.19. The van der Waals surface area contributed by atoms with Crippen LogP contribution in [-0.2, 0) is 4.74 Å². The van der Waals surface area contributed by atoms with E-state index in [0.29, 0.717) is 11.6 Å². The second kappa shape index (κ2) is 6.96. The Kier molecular flexibility index (Phi) is 4.29. The fourth-order valence-corrected chi connectivity index (χ4v) is 4.40. The number of carbonyl (C=O) groups excluding carboxylic acids is 1. The molecule has 142 valence electrons. The Morgan fingerprint density at radius 2 is 2.07 bits per heavy atom.